The molecule has 29 heavy (non-hydrogen) atoms. The van der Waals surface area contributed by atoms with E-state index in [2.05, 4.69) is 27.0 Å². The van der Waals surface area contributed by atoms with Crippen LogP contribution in [0.4, 0.5) is 0 Å². The van der Waals surface area contributed by atoms with Gasteiger partial charge in [0, 0.05) is 69.0 Å². The molecule has 6 nitrogen and oxygen atoms in total. The number of aryl methyl sites for hydroxylation is 1. The normalized spacial score (nSPS) is 25.1. The Morgan fingerprint density at radius 1 is 1.07 bits per heavy atom. The van der Waals surface area contributed by atoms with Gasteiger partial charge in [0.1, 0.15) is 0 Å². The number of carbonyl (C=O) groups excluding carboxylic acids is 1. The lowest BCUT2D eigenvalue weighted by Gasteiger charge is -2.63. The summed E-state index contributed by atoms with van der Waals surface area (Å²) in [5.41, 5.74) is 1.89. The Morgan fingerprint density at radius 3 is 2.45 bits per heavy atom. The van der Waals surface area contributed by atoms with Crippen molar-refractivity contribution < 1.29 is 4.79 Å². The zero-order valence-corrected chi connectivity index (χ0v) is 17.3. The number of likely N-dealkylation sites (tertiary alicyclic amines) is 2. The molecule has 1 saturated carbocycles. The Hall–Kier alpha value is -2.21. The van der Waals surface area contributed by atoms with Gasteiger partial charge in [0.05, 0.1) is 0 Å². The van der Waals surface area contributed by atoms with Gasteiger partial charge in [0.2, 0.25) is 0 Å². The van der Waals surface area contributed by atoms with E-state index in [1.165, 1.54) is 44.2 Å². The van der Waals surface area contributed by atoms with Crippen molar-refractivity contribution in [2.45, 2.75) is 57.0 Å². The third-order valence-electron chi connectivity index (χ3n) is 7.51. The fraction of sp³-hybridized carbons (Fsp3) is 0.609. The van der Waals surface area contributed by atoms with Crippen LogP contribution in [0.2, 0.25) is 0 Å². The molecule has 2 aliphatic heterocycles. The van der Waals surface area contributed by atoms with Crippen molar-refractivity contribution in [3.05, 3.63) is 48.3 Å². The second kappa shape index (κ2) is 7.56. The Balaban J connectivity index is 1.29. The lowest BCUT2D eigenvalue weighted by atomic mass is 9.60. The molecule has 1 spiro atoms. The van der Waals surface area contributed by atoms with Crippen LogP contribution in [0.1, 0.15) is 67.2 Å². The monoisotopic (exact) mass is 393 g/mol. The van der Waals surface area contributed by atoms with Gasteiger partial charge in [0.25, 0.3) is 5.91 Å². The minimum Gasteiger partial charge on any atom is -0.336 e. The zero-order chi connectivity index (χ0) is 19.8. The summed E-state index contributed by atoms with van der Waals surface area (Å²) >= 11 is 0. The second-order valence-corrected chi connectivity index (χ2v) is 9.16. The molecule has 2 saturated heterocycles. The fourth-order valence-electron chi connectivity index (χ4n) is 6.01. The summed E-state index contributed by atoms with van der Waals surface area (Å²) < 4.78 is 1.82. The molecular weight excluding hydrogens is 362 g/mol. The Bertz CT molecular complexity index is 849. The summed E-state index contributed by atoms with van der Waals surface area (Å²) in [4.78, 5) is 26.0. The fourth-order valence-corrected chi connectivity index (χ4v) is 6.01. The molecule has 154 valence electrons. The smallest absolute Gasteiger partial charge is 0.289 e. The van der Waals surface area contributed by atoms with Crippen LogP contribution in [0.5, 0.6) is 0 Å². The Morgan fingerprint density at radius 2 is 1.79 bits per heavy atom. The van der Waals surface area contributed by atoms with Crippen LogP contribution in [0.25, 0.3) is 0 Å². The van der Waals surface area contributed by atoms with E-state index in [0.29, 0.717) is 23.3 Å². The van der Waals surface area contributed by atoms with Gasteiger partial charge in [0.15, 0.2) is 5.82 Å². The van der Waals surface area contributed by atoms with Crippen molar-refractivity contribution in [2.24, 2.45) is 12.5 Å². The maximum atomic E-state index is 12.8. The lowest BCUT2D eigenvalue weighted by molar-refractivity contribution is -0.132. The summed E-state index contributed by atoms with van der Waals surface area (Å²) in [6.45, 7) is 2.86. The SMILES string of the molecule is Cn1ccnc1C(=O)N1CCC(N2CC3(CCCCC3)C2c2ccncc2)CC1. The highest BCUT2D eigenvalue weighted by atomic mass is 16.2. The predicted octanol–water partition coefficient (Wildman–Crippen LogP) is 3.43. The maximum Gasteiger partial charge on any atom is 0.289 e. The van der Waals surface area contributed by atoms with Crippen molar-refractivity contribution in [1.29, 1.82) is 0 Å². The largest absolute Gasteiger partial charge is 0.336 e. The van der Waals surface area contributed by atoms with Gasteiger partial charge in [-0.15, -0.1) is 0 Å². The number of hydrogen-bond acceptors (Lipinski definition) is 4. The molecule has 4 heterocycles. The molecule has 3 aliphatic rings. The molecule has 0 radical (unpaired) electrons. The van der Waals surface area contributed by atoms with E-state index in [9.17, 15) is 4.79 Å². The summed E-state index contributed by atoms with van der Waals surface area (Å²) in [7, 11) is 1.88. The van der Waals surface area contributed by atoms with Crippen LogP contribution in [0.15, 0.2) is 36.9 Å². The number of aromatic nitrogens is 3. The molecule has 1 atom stereocenters. The topological polar surface area (TPSA) is 54.3 Å². The van der Waals surface area contributed by atoms with E-state index < -0.39 is 0 Å². The van der Waals surface area contributed by atoms with Gasteiger partial charge in [-0.05, 0) is 43.4 Å². The molecule has 1 amide bonds. The molecule has 1 unspecified atom stereocenters. The molecule has 0 aromatic carbocycles. The first-order valence-corrected chi connectivity index (χ1v) is 11.1. The zero-order valence-electron chi connectivity index (χ0n) is 17.3. The number of piperidine rings is 1. The summed E-state index contributed by atoms with van der Waals surface area (Å²) in [5, 5.41) is 0. The number of hydrogen-bond donors (Lipinski definition) is 0. The van der Waals surface area contributed by atoms with Crippen LogP contribution < -0.4 is 0 Å². The van der Waals surface area contributed by atoms with Crippen molar-refractivity contribution in [3.8, 4) is 0 Å². The maximum absolute atomic E-state index is 12.8. The van der Waals surface area contributed by atoms with Gasteiger partial charge in [-0.25, -0.2) is 4.98 Å². The van der Waals surface area contributed by atoms with Crippen molar-refractivity contribution in [1.82, 2.24) is 24.3 Å². The highest BCUT2D eigenvalue weighted by Crippen LogP contribution is 2.58. The van der Waals surface area contributed by atoms with Gasteiger partial charge < -0.3 is 9.47 Å². The molecule has 3 fully saturated rings. The third-order valence-corrected chi connectivity index (χ3v) is 7.51. The number of nitrogens with zero attached hydrogens (tertiary/aromatic N) is 5. The van der Waals surface area contributed by atoms with Gasteiger partial charge in [-0.1, -0.05) is 19.3 Å². The molecule has 0 bridgehead atoms. The predicted molar refractivity (Wildman–Crippen MR) is 111 cm³/mol. The van der Waals surface area contributed by atoms with E-state index in [4.69, 9.17) is 0 Å². The first kappa shape index (κ1) is 18.8. The second-order valence-electron chi connectivity index (χ2n) is 9.16. The van der Waals surface area contributed by atoms with Crippen LogP contribution in [0.3, 0.4) is 0 Å². The minimum absolute atomic E-state index is 0.0639. The summed E-state index contributed by atoms with van der Waals surface area (Å²) in [6.07, 6.45) is 16.3. The number of rotatable bonds is 3. The average molecular weight is 394 g/mol. The molecule has 2 aromatic rings. The van der Waals surface area contributed by atoms with Gasteiger partial charge in [-0.3, -0.25) is 14.7 Å². The Kier molecular flexibility index (Phi) is 4.90. The molecule has 1 aliphatic carbocycles. The van der Waals surface area contributed by atoms with E-state index in [1.807, 2.05) is 35.1 Å². The molecule has 2 aromatic heterocycles. The summed E-state index contributed by atoms with van der Waals surface area (Å²) in [6, 6.07) is 5.51. The number of imidazole rings is 1. The highest BCUT2D eigenvalue weighted by Gasteiger charge is 2.55. The number of carbonyl (C=O) groups is 1. The first-order valence-electron chi connectivity index (χ1n) is 11.1. The van der Waals surface area contributed by atoms with E-state index >= 15 is 0 Å². The minimum atomic E-state index is 0.0639. The van der Waals surface area contributed by atoms with E-state index in [0.717, 1.165) is 25.9 Å². The molecule has 0 N–H and O–H groups in total. The van der Waals surface area contributed by atoms with Crippen molar-refractivity contribution in [2.75, 3.05) is 19.6 Å². The lowest BCUT2D eigenvalue weighted by Crippen LogP contribution is -2.63. The Labute approximate surface area is 172 Å². The standard InChI is InChI=1S/C23H31N5O/c1-26-16-13-25-21(26)22(29)27-14-7-19(8-15-27)28-17-23(9-3-2-4-10-23)20(28)18-5-11-24-12-6-18/h5-6,11-13,16,19-20H,2-4,7-10,14-15,17H2,1H3. The third kappa shape index (κ3) is 3.27. The molecule has 5 rings (SSSR count). The van der Waals surface area contributed by atoms with Crippen LogP contribution in [-0.2, 0) is 7.05 Å². The number of amides is 1. The number of pyridine rings is 1. The van der Waals surface area contributed by atoms with Crippen LogP contribution in [-0.4, -0.2) is 55.9 Å². The van der Waals surface area contributed by atoms with Gasteiger partial charge in [-0.2, -0.15) is 0 Å². The van der Waals surface area contributed by atoms with Crippen molar-refractivity contribution in [3.63, 3.8) is 0 Å². The van der Waals surface area contributed by atoms with Crippen LogP contribution >= 0.6 is 0 Å². The van der Waals surface area contributed by atoms with E-state index in [-0.39, 0.29) is 5.91 Å². The highest BCUT2D eigenvalue weighted by molar-refractivity contribution is 5.90. The first-order chi connectivity index (χ1) is 14.2. The van der Waals surface area contributed by atoms with E-state index in [1.54, 1.807) is 6.20 Å². The summed E-state index contributed by atoms with van der Waals surface area (Å²) in [5.74, 6) is 0.609. The average Bonchev–Trinajstić information content (AvgIpc) is 3.19. The van der Waals surface area contributed by atoms with Crippen molar-refractivity contribution >= 4 is 5.91 Å². The van der Waals surface area contributed by atoms with Crippen LogP contribution in [0, 0.1) is 5.41 Å². The van der Waals surface area contributed by atoms with Gasteiger partial charge >= 0.3 is 0 Å². The quantitative estimate of drug-likeness (QED) is 0.802. The molecule has 6 heteroatoms. The molecular formula is C23H31N5O.